The van der Waals surface area contributed by atoms with Gasteiger partial charge in [-0.3, -0.25) is 19.7 Å². The maximum Gasteiger partial charge on any atom is 0.255 e. The number of hydrogen-bond acceptors (Lipinski definition) is 5. The van der Waals surface area contributed by atoms with E-state index in [0.717, 1.165) is 17.7 Å². The largest absolute Gasteiger partial charge is 0.322 e. The molecule has 1 aromatic carbocycles. The number of fused-ring (bicyclic) bond motifs is 1. The van der Waals surface area contributed by atoms with Crippen molar-refractivity contribution in [1.29, 1.82) is 0 Å². The zero-order valence-electron chi connectivity index (χ0n) is 15.0. The van der Waals surface area contributed by atoms with Gasteiger partial charge in [0.05, 0.1) is 0 Å². The number of piperidine rings is 2. The first-order valence-corrected chi connectivity index (χ1v) is 9.36. The van der Waals surface area contributed by atoms with E-state index in [1.807, 2.05) is 18.2 Å². The molecule has 3 amide bonds. The van der Waals surface area contributed by atoms with Gasteiger partial charge in [0.25, 0.3) is 5.91 Å². The molecule has 8 heteroatoms. The summed E-state index contributed by atoms with van der Waals surface area (Å²) in [6, 6.07) is 5.18. The van der Waals surface area contributed by atoms with E-state index >= 15 is 0 Å². The van der Waals surface area contributed by atoms with Crippen LogP contribution in [-0.2, 0) is 22.7 Å². The molecule has 144 valence electrons. The van der Waals surface area contributed by atoms with Gasteiger partial charge in [0.15, 0.2) is 0 Å². The molecule has 0 aromatic heterocycles. The fraction of sp³-hybridized carbons (Fsp3) is 0.526. The molecule has 2 fully saturated rings. The third kappa shape index (κ3) is 3.72. The Morgan fingerprint density at radius 1 is 1.22 bits per heavy atom. The summed E-state index contributed by atoms with van der Waals surface area (Å²) in [6.07, 6.45) is 0.259. The van der Waals surface area contributed by atoms with Crippen molar-refractivity contribution in [1.82, 2.24) is 20.9 Å². The second-order valence-electron chi connectivity index (χ2n) is 7.46. The minimum Gasteiger partial charge on any atom is -0.322 e. The molecule has 0 aliphatic carbocycles. The lowest BCUT2D eigenvalue weighted by atomic mass is 10.0. The van der Waals surface area contributed by atoms with Crippen LogP contribution in [0.2, 0.25) is 0 Å². The van der Waals surface area contributed by atoms with Crippen LogP contribution in [0.3, 0.4) is 0 Å². The maximum atomic E-state index is 13.5. The first kappa shape index (κ1) is 18.1. The molecule has 0 spiro atoms. The first-order valence-electron chi connectivity index (χ1n) is 9.36. The number of rotatable bonds is 4. The molecule has 1 unspecified atom stereocenters. The molecule has 3 heterocycles. The molecule has 7 nitrogen and oxygen atoms in total. The van der Waals surface area contributed by atoms with E-state index in [0.29, 0.717) is 38.0 Å². The van der Waals surface area contributed by atoms with Crippen LogP contribution in [0.15, 0.2) is 18.2 Å². The predicted molar refractivity (Wildman–Crippen MR) is 95.5 cm³/mol. The number of nitrogens with zero attached hydrogens (tertiary/aromatic N) is 1. The third-order valence-corrected chi connectivity index (χ3v) is 5.48. The topological polar surface area (TPSA) is 90.5 Å². The van der Waals surface area contributed by atoms with E-state index in [1.165, 1.54) is 0 Å². The van der Waals surface area contributed by atoms with Crippen molar-refractivity contribution in [3.63, 3.8) is 0 Å². The number of hydrogen-bond donors (Lipinski definition) is 3. The summed E-state index contributed by atoms with van der Waals surface area (Å²) in [4.78, 5) is 37.8. The fourth-order valence-electron chi connectivity index (χ4n) is 4.02. The van der Waals surface area contributed by atoms with Crippen molar-refractivity contribution in [3.8, 4) is 0 Å². The Labute approximate surface area is 156 Å². The average Bonchev–Trinajstić information content (AvgIpc) is 2.96. The van der Waals surface area contributed by atoms with Crippen molar-refractivity contribution in [2.45, 2.75) is 50.6 Å². The molecule has 3 atom stereocenters. The highest BCUT2D eigenvalue weighted by molar-refractivity contribution is 6.05. The van der Waals surface area contributed by atoms with Crippen LogP contribution in [0.1, 0.15) is 40.7 Å². The minimum absolute atomic E-state index is 0.0673. The van der Waals surface area contributed by atoms with Gasteiger partial charge in [-0.25, -0.2) is 4.39 Å². The predicted octanol–water partition coefficient (Wildman–Crippen LogP) is 0.237. The van der Waals surface area contributed by atoms with Crippen LogP contribution in [-0.4, -0.2) is 54.0 Å². The van der Waals surface area contributed by atoms with Gasteiger partial charge in [-0.2, -0.15) is 0 Å². The SMILES string of the molecule is O=C1CCC(N2Cc3ccc(CN[C@@H]4CNC[C@H](F)C4)cc3C2=O)C(=O)N1. The molecule has 3 aliphatic rings. The maximum absolute atomic E-state index is 13.5. The highest BCUT2D eigenvalue weighted by Gasteiger charge is 2.39. The zero-order chi connectivity index (χ0) is 19.0. The summed E-state index contributed by atoms with van der Waals surface area (Å²) in [6.45, 7) is 2.07. The summed E-state index contributed by atoms with van der Waals surface area (Å²) in [5.74, 6) is -0.870. The Balaban J connectivity index is 1.42. The molecule has 0 radical (unpaired) electrons. The Bertz CT molecular complexity index is 784. The van der Waals surface area contributed by atoms with Gasteiger partial charge in [-0.1, -0.05) is 12.1 Å². The second kappa shape index (κ2) is 7.36. The lowest BCUT2D eigenvalue weighted by Crippen LogP contribution is -2.52. The number of nitrogens with one attached hydrogen (secondary N) is 3. The molecule has 2 saturated heterocycles. The van der Waals surface area contributed by atoms with Gasteiger partial charge in [0.1, 0.15) is 12.2 Å². The quantitative estimate of drug-likeness (QED) is 0.657. The van der Waals surface area contributed by atoms with Gasteiger partial charge < -0.3 is 15.5 Å². The monoisotopic (exact) mass is 374 g/mol. The van der Waals surface area contributed by atoms with Gasteiger partial charge >= 0.3 is 0 Å². The van der Waals surface area contributed by atoms with Crippen molar-refractivity contribution in [2.75, 3.05) is 13.1 Å². The minimum atomic E-state index is -0.833. The van der Waals surface area contributed by atoms with Crippen LogP contribution >= 0.6 is 0 Å². The summed E-state index contributed by atoms with van der Waals surface area (Å²) in [5.41, 5.74) is 2.44. The summed E-state index contributed by atoms with van der Waals surface area (Å²) < 4.78 is 13.5. The molecule has 0 bridgehead atoms. The number of benzene rings is 1. The Morgan fingerprint density at radius 2 is 2.07 bits per heavy atom. The van der Waals surface area contributed by atoms with Crippen LogP contribution < -0.4 is 16.0 Å². The smallest absolute Gasteiger partial charge is 0.255 e. The molecular weight excluding hydrogens is 351 g/mol. The van der Waals surface area contributed by atoms with Gasteiger partial charge in [0.2, 0.25) is 11.8 Å². The molecule has 3 aliphatic heterocycles. The molecule has 1 aromatic rings. The molecule has 3 N–H and O–H groups in total. The number of carbonyl (C=O) groups is 3. The van der Waals surface area contributed by atoms with Crippen LogP contribution in [0.4, 0.5) is 4.39 Å². The van der Waals surface area contributed by atoms with E-state index in [-0.39, 0.29) is 24.3 Å². The lowest BCUT2D eigenvalue weighted by molar-refractivity contribution is -0.136. The van der Waals surface area contributed by atoms with Crippen LogP contribution in [0.5, 0.6) is 0 Å². The van der Waals surface area contributed by atoms with Crippen molar-refractivity contribution >= 4 is 17.7 Å². The summed E-state index contributed by atoms with van der Waals surface area (Å²) in [7, 11) is 0. The highest BCUT2D eigenvalue weighted by atomic mass is 19.1. The highest BCUT2D eigenvalue weighted by Crippen LogP contribution is 2.28. The Morgan fingerprint density at radius 3 is 2.85 bits per heavy atom. The fourth-order valence-corrected chi connectivity index (χ4v) is 4.02. The van der Waals surface area contributed by atoms with Gasteiger partial charge in [0, 0.05) is 44.2 Å². The summed E-state index contributed by atoms with van der Waals surface area (Å²) in [5, 5.41) is 8.70. The van der Waals surface area contributed by atoms with E-state index in [1.54, 1.807) is 4.90 Å². The normalized spacial score (nSPS) is 28.3. The molecular formula is C19H23FN4O3. The van der Waals surface area contributed by atoms with E-state index in [2.05, 4.69) is 16.0 Å². The van der Waals surface area contributed by atoms with Gasteiger partial charge in [-0.15, -0.1) is 0 Å². The van der Waals surface area contributed by atoms with Crippen molar-refractivity contribution in [2.24, 2.45) is 0 Å². The second-order valence-corrected chi connectivity index (χ2v) is 7.46. The number of amides is 3. The van der Waals surface area contributed by atoms with E-state index in [4.69, 9.17) is 0 Å². The van der Waals surface area contributed by atoms with E-state index in [9.17, 15) is 18.8 Å². The average molecular weight is 374 g/mol. The number of halogens is 1. The number of alkyl halides is 1. The third-order valence-electron chi connectivity index (χ3n) is 5.48. The van der Waals surface area contributed by atoms with Crippen LogP contribution in [0, 0.1) is 0 Å². The van der Waals surface area contributed by atoms with Crippen LogP contribution in [0.25, 0.3) is 0 Å². The van der Waals surface area contributed by atoms with Crippen molar-refractivity contribution in [3.05, 3.63) is 34.9 Å². The number of carbonyl (C=O) groups excluding carboxylic acids is 3. The van der Waals surface area contributed by atoms with Gasteiger partial charge in [-0.05, 0) is 30.0 Å². The lowest BCUT2D eigenvalue weighted by Gasteiger charge is -2.29. The summed E-state index contributed by atoms with van der Waals surface area (Å²) >= 11 is 0. The van der Waals surface area contributed by atoms with Crippen molar-refractivity contribution < 1.29 is 18.8 Å². The molecule has 0 saturated carbocycles. The Kier molecular flexibility index (Phi) is 4.92. The first-order chi connectivity index (χ1) is 13.0. The zero-order valence-corrected chi connectivity index (χ0v) is 15.0. The molecule has 4 rings (SSSR count). The molecule has 27 heavy (non-hydrogen) atoms. The number of imide groups is 1. The Hall–Kier alpha value is -2.32. The van der Waals surface area contributed by atoms with E-state index < -0.39 is 18.1 Å². The standard InChI is InChI=1S/C19H23FN4O3/c20-13-6-14(9-21-8-13)22-7-11-1-2-12-10-24(19(27)15(12)5-11)16-3-4-17(25)23-18(16)26/h1-2,5,13-14,16,21-22H,3-4,6-10H2,(H,23,25,26)/t13-,14+,16?/m1/s1.